The van der Waals surface area contributed by atoms with Gasteiger partial charge in [-0.25, -0.2) is 0 Å². The number of rotatable bonds is 2. The zero-order valence-electron chi connectivity index (χ0n) is 16.4. The van der Waals surface area contributed by atoms with Crippen molar-refractivity contribution in [3.63, 3.8) is 0 Å². The number of fused-ring (bicyclic) bond motifs is 4. The summed E-state index contributed by atoms with van der Waals surface area (Å²) in [4.78, 5) is 32.1. The molecule has 0 saturated carbocycles. The van der Waals surface area contributed by atoms with Crippen LogP contribution in [-0.2, 0) is 6.54 Å². The van der Waals surface area contributed by atoms with Crippen molar-refractivity contribution in [1.29, 1.82) is 5.26 Å². The highest BCUT2D eigenvalue weighted by Crippen LogP contribution is 2.36. The number of piperidine rings is 1. The third kappa shape index (κ3) is 3.09. The monoisotopic (exact) mass is 396 g/mol. The second-order valence-electron chi connectivity index (χ2n) is 8.02. The zero-order valence-corrected chi connectivity index (χ0v) is 16.4. The summed E-state index contributed by atoms with van der Waals surface area (Å²) in [7, 11) is 0. The van der Waals surface area contributed by atoms with Gasteiger partial charge in [-0.3, -0.25) is 14.6 Å². The third-order valence-corrected chi connectivity index (χ3v) is 6.12. The van der Waals surface area contributed by atoms with Gasteiger partial charge in [0.15, 0.2) is 0 Å². The van der Waals surface area contributed by atoms with Gasteiger partial charge in [0.2, 0.25) is 0 Å². The molecule has 4 heterocycles. The van der Waals surface area contributed by atoms with Crippen LogP contribution in [0.5, 0.6) is 0 Å². The Bertz CT molecular complexity index is 1230. The van der Waals surface area contributed by atoms with Gasteiger partial charge in [0.25, 0.3) is 11.5 Å². The lowest BCUT2D eigenvalue weighted by atomic mass is 9.82. The van der Waals surface area contributed by atoms with E-state index in [1.165, 1.54) is 0 Å². The second kappa shape index (κ2) is 7.27. The Morgan fingerprint density at radius 3 is 2.70 bits per heavy atom. The SMILES string of the molecule is N#Cc1cccc(-c2ccc3n(c2=O)C[C@@H]2C[C@@H]3CN(C(=O)c3ccncc3)C2)c1. The largest absolute Gasteiger partial charge is 0.338 e. The molecule has 1 saturated heterocycles. The summed E-state index contributed by atoms with van der Waals surface area (Å²) in [6.07, 6.45) is 4.26. The highest BCUT2D eigenvalue weighted by molar-refractivity contribution is 5.94. The molecule has 0 radical (unpaired) electrons. The van der Waals surface area contributed by atoms with E-state index in [2.05, 4.69) is 11.1 Å². The van der Waals surface area contributed by atoms with Crippen molar-refractivity contribution in [2.45, 2.75) is 18.9 Å². The van der Waals surface area contributed by atoms with Crippen molar-refractivity contribution < 1.29 is 4.79 Å². The molecular weight excluding hydrogens is 376 g/mol. The first-order valence-electron chi connectivity index (χ1n) is 10.1. The molecule has 1 amide bonds. The minimum atomic E-state index is -0.0220. The van der Waals surface area contributed by atoms with Crippen molar-refractivity contribution in [3.8, 4) is 17.2 Å². The molecular formula is C24H20N4O2. The Kier molecular flexibility index (Phi) is 4.44. The molecule has 0 N–H and O–H groups in total. The summed E-state index contributed by atoms with van der Waals surface area (Å²) in [5, 5.41) is 9.16. The molecule has 30 heavy (non-hydrogen) atoms. The van der Waals surface area contributed by atoms with Crippen molar-refractivity contribution in [1.82, 2.24) is 14.5 Å². The summed E-state index contributed by atoms with van der Waals surface area (Å²) >= 11 is 0. The molecule has 6 nitrogen and oxygen atoms in total. The van der Waals surface area contributed by atoms with Gasteiger partial charge in [-0.2, -0.15) is 5.26 Å². The number of nitrogens with zero attached hydrogens (tertiary/aromatic N) is 4. The standard InChI is InChI=1S/C24H20N4O2/c25-12-16-2-1-3-19(10-16)21-4-5-22-20-11-17(14-28(22)24(21)30)13-27(15-20)23(29)18-6-8-26-9-7-18/h1-10,17,20H,11,13-15H2/t17-,20-/m1/s1. The maximum absolute atomic E-state index is 13.3. The molecule has 6 heteroatoms. The van der Waals surface area contributed by atoms with E-state index in [0.717, 1.165) is 17.7 Å². The van der Waals surface area contributed by atoms with Crippen LogP contribution in [0.2, 0.25) is 0 Å². The average Bonchev–Trinajstić information content (AvgIpc) is 2.80. The quantitative estimate of drug-likeness (QED) is 0.667. The molecule has 2 aromatic heterocycles. The normalized spacial score (nSPS) is 19.6. The van der Waals surface area contributed by atoms with Gasteiger partial charge in [0.05, 0.1) is 11.6 Å². The van der Waals surface area contributed by atoms with E-state index >= 15 is 0 Å². The minimum Gasteiger partial charge on any atom is -0.338 e. The molecule has 5 rings (SSSR count). The zero-order chi connectivity index (χ0) is 20.7. The number of carbonyl (C=O) groups excluding carboxylic acids is 1. The van der Waals surface area contributed by atoms with E-state index in [0.29, 0.717) is 36.3 Å². The molecule has 148 valence electrons. The van der Waals surface area contributed by atoms with Gasteiger partial charge < -0.3 is 9.47 Å². The maximum Gasteiger partial charge on any atom is 0.258 e. The van der Waals surface area contributed by atoms with E-state index < -0.39 is 0 Å². The molecule has 2 atom stereocenters. The summed E-state index contributed by atoms with van der Waals surface area (Å²) in [6, 6.07) is 16.6. The number of benzene rings is 1. The van der Waals surface area contributed by atoms with Gasteiger partial charge in [-0.05, 0) is 54.3 Å². The van der Waals surface area contributed by atoms with Crippen molar-refractivity contribution in [3.05, 3.63) is 88.1 Å². The average molecular weight is 396 g/mol. The molecule has 2 aliphatic heterocycles. The first kappa shape index (κ1) is 18.3. The van der Waals surface area contributed by atoms with Crippen LogP contribution in [0.4, 0.5) is 0 Å². The lowest BCUT2D eigenvalue weighted by molar-refractivity contribution is 0.0594. The van der Waals surface area contributed by atoms with Crippen LogP contribution in [0.25, 0.3) is 11.1 Å². The topological polar surface area (TPSA) is 79.0 Å². The van der Waals surface area contributed by atoms with Gasteiger partial charge in [0.1, 0.15) is 0 Å². The number of nitriles is 1. The summed E-state index contributed by atoms with van der Waals surface area (Å²) in [5.74, 6) is 0.420. The van der Waals surface area contributed by atoms with Gasteiger partial charge in [-0.1, -0.05) is 12.1 Å². The van der Waals surface area contributed by atoms with Crippen LogP contribution in [0.15, 0.2) is 65.7 Å². The highest BCUT2D eigenvalue weighted by atomic mass is 16.2. The fourth-order valence-corrected chi connectivity index (χ4v) is 4.76. The number of hydrogen-bond acceptors (Lipinski definition) is 4. The first-order chi connectivity index (χ1) is 14.6. The van der Waals surface area contributed by atoms with Crippen LogP contribution in [0.3, 0.4) is 0 Å². The molecule has 0 aliphatic carbocycles. The number of pyridine rings is 2. The smallest absolute Gasteiger partial charge is 0.258 e. The molecule has 2 bridgehead atoms. The van der Waals surface area contributed by atoms with Gasteiger partial charge >= 0.3 is 0 Å². The number of amides is 1. The lowest BCUT2D eigenvalue weighted by Gasteiger charge is -2.43. The van der Waals surface area contributed by atoms with Gasteiger partial charge in [0, 0.05) is 54.8 Å². The molecule has 0 spiro atoms. The summed E-state index contributed by atoms with van der Waals surface area (Å²) in [6.45, 7) is 1.87. The van der Waals surface area contributed by atoms with Gasteiger partial charge in [-0.15, -0.1) is 0 Å². The van der Waals surface area contributed by atoms with E-state index in [-0.39, 0.29) is 23.3 Å². The second-order valence-corrected chi connectivity index (χ2v) is 8.02. The summed E-state index contributed by atoms with van der Waals surface area (Å²) in [5.41, 5.74) is 3.53. The molecule has 3 aromatic rings. The van der Waals surface area contributed by atoms with Crippen LogP contribution in [0.1, 0.15) is 34.0 Å². The van der Waals surface area contributed by atoms with E-state index in [9.17, 15) is 9.59 Å². The third-order valence-electron chi connectivity index (χ3n) is 6.12. The lowest BCUT2D eigenvalue weighted by Crippen LogP contribution is -2.49. The maximum atomic E-state index is 13.3. The van der Waals surface area contributed by atoms with Crippen LogP contribution < -0.4 is 5.56 Å². The molecule has 2 aliphatic rings. The Morgan fingerprint density at radius 1 is 1.07 bits per heavy atom. The van der Waals surface area contributed by atoms with Crippen LogP contribution in [-0.4, -0.2) is 33.4 Å². The Labute approximate surface area is 174 Å². The predicted octanol–water partition coefficient (Wildman–Crippen LogP) is 3.04. The Morgan fingerprint density at radius 2 is 1.90 bits per heavy atom. The minimum absolute atomic E-state index is 0.0211. The molecule has 1 fully saturated rings. The van der Waals surface area contributed by atoms with E-state index in [1.807, 2.05) is 27.7 Å². The van der Waals surface area contributed by atoms with E-state index in [4.69, 9.17) is 5.26 Å². The Balaban J connectivity index is 1.48. The molecule has 1 aromatic carbocycles. The highest BCUT2D eigenvalue weighted by Gasteiger charge is 2.36. The number of likely N-dealkylation sites (tertiary alicyclic amines) is 1. The van der Waals surface area contributed by atoms with E-state index in [1.54, 1.807) is 42.7 Å². The summed E-state index contributed by atoms with van der Waals surface area (Å²) < 4.78 is 1.88. The fraction of sp³-hybridized carbons (Fsp3) is 0.250. The molecule has 0 unspecified atom stereocenters. The number of carbonyl (C=O) groups is 1. The number of hydrogen-bond donors (Lipinski definition) is 0. The van der Waals surface area contributed by atoms with Crippen LogP contribution >= 0.6 is 0 Å². The van der Waals surface area contributed by atoms with Crippen molar-refractivity contribution in [2.75, 3.05) is 13.1 Å². The Hall–Kier alpha value is -3.72. The number of aromatic nitrogens is 2. The fourth-order valence-electron chi connectivity index (χ4n) is 4.76. The van der Waals surface area contributed by atoms with Crippen molar-refractivity contribution >= 4 is 5.91 Å². The predicted molar refractivity (Wildman–Crippen MR) is 112 cm³/mol. The van der Waals surface area contributed by atoms with Crippen LogP contribution in [0, 0.1) is 17.2 Å². The van der Waals surface area contributed by atoms with Crippen molar-refractivity contribution in [2.24, 2.45) is 5.92 Å². The first-order valence-corrected chi connectivity index (χ1v) is 10.1.